The molecule has 0 aromatic carbocycles. The van der Waals surface area contributed by atoms with E-state index >= 15 is 0 Å². The molecule has 0 atom stereocenters. The van der Waals surface area contributed by atoms with E-state index in [1.165, 1.54) is 12.4 Å². The summed E-state index contributed by atoms with van der Waals surface area (Å²) < 4.78 is 5.24. The first kappa shape index (κ1) is 18.7. The molecule has 1 N–H and O–H groups in total. The molecule has 2 heterocycles. The van der Waals surface area contributed by atoms with E-state index < -0.39 is 16.6 Å². The third-order valence-electron chi connectivity index (χ3n) is 4.96. The molecule has 26 heavy (non-hydrogen) atoms. The summed E-state index contributed by atoms with van der Waals surface area (Å²) in [5, 5.41) is 14.4. The van der Waals surface area contributed by atoms with Gasteiger partial charge in [-0.15, -0.1) is 0 Å². The van der Waals surface area contributed by atoms with Crippen LogP contribution in [0.4, 0.5) is 16.2 Å². The number of rotatable bonds is 4. The zero-order valence-corrected chi connectivity index (χ0v) is 15.9. The largest absolute Gasteiger partial charge is 0.444 e. The Morgan fingerprint density at radius 1 is 1.50 bits per heavy atom. The van der Waals surface area contributed by atoms with Crippen molar-refractivity contribution >= 4 is 29.1 Å². The second-order valence-corrected chi connectivity index (χ2v) is 8.44. The van der Waals surface area contributed by atoms with E-state index in [0.29, 0.717) is 23.2 Å². The lowest BCUT2D eigenvalue weighted by Gasteiger charge is -2.62. The molecule has 1 aromatic rings. The van der Waals surface area contributed by atoms with Gasteiger partial charge in [-0.25, -0.2) is 4.79 Å². The Morgan fingerprint density at radius 2 is 2.19 bits per heavy atom. The lowest BCUT2D eigenvalue weighted by molar-refractivity contribution is -0.384. The van der Waals surface area contributed by atoms with Crippen molar-refractivity contribution < 1.29 is 14.5 Å². The molecule has 1 aliphatic heterocycles. The smallest absolute Gasteiger partial charge is 0.407 e. The summed E-state index contributed by atoms with van der Waals surface area (Å²) in [5.41, 5.74) is -0.230. The molecule has 3 rings (SSSR count). The molecule has 1 spiro atoms. The van der Waals surface area contributed by atoms with Gasteiger partial charge in [0, 0.05) is 24.8 Å². The molecule has 1 amide bonds. The highest BCUT2D eigenvalue weighted by Gasteiger charge is 2.55. The third-order valence-corrected chi connectivity index (χ3v) is 5.24. The van der Waals surface area contributed by atoms with Gasteiger partial charge >= 0.3 is 11.8 Å². The fourth-order valence-corrected chi connectivity index (χ4v) is 4.09. The van der Waals surface area contributed by atoms with E-state index in [9.17, 15) is 14.9 Å². The van der Waals surface area contributed by atoms with Crippen LogP contribution in [0, 0.1) is 16.0 Å². The maximum absolute atomic E-state index is 11.8. The SMILES string of the molecule is CC(C)(C)OC(=O)NCC1CC2(CCN2c2c(Cl)cncc2[N+](=O)[O-])C1. The van der Waals surface area contributed by atoms with Crippen molar-refractivity contribution in [1.82, 2.24) is 10.3 Å². The number of carbonyl (C=O) groups is 1. The van der Waals surface area contributed by atoms with Crippen LogP contribution in [0.5, 0.6) is 0 Å². The number of anilines is 1. The number of ether oxygens (including phenoxy) is 1. The number of alkyl carbamates (subject to hydrolysis) is 1. The van der Waals surface area contributed by atoms with Crippen LogP contribution in [0.2, 0.25) is 5.02 Å². The number of aromatic nitrogens is 1. The molecule has 0 bridgehead atoms. The highest BCUT2D eigenvalue weighted by molar-refractivity contribution is 6.33. The Labute approximate surface area is 157 Å². The van der Waals surface area contributed by atoms with Gasteiger partial charge in [0.2, 0.25) is 0 Å². The van der Waals surface area contributed by atoms with E-state index in [4.69, 9.17) is 16.3 Å². The van der Waals surface area contributed by atoms with Gasteiger partial charge in [0.1, 0.15) is 17.5 Å². The van der Waals surface area contributed by atoms with Crippen molar-refractivity contribution in [2.45, 2.75) is 51.2 Å². The van der Waals surface area contributed by atoms with Crippen molar-refractivity contribution in [1.29, 1.82) is 0 Å². The summed E-state index contributed by atoms with van der Waals surface area (Å²) in [4.78, 5) is 28.5. The van der Waals surface area contributed by atoms with E-state index in [1.54, 1.807) is 0 Å². The molecule has 9 heteroatoms. The highest BCUT2D eigenvalue weighted by Crippen LogP contribution is 2.54. The second kappa shape index (κ2) is 6.57. The van der Waals surface area contributed by atoms with Gasteiger partial charge in [-0.2, -0.15) is 0 Å². The molecule has 2 fully saturated rings. The van der Waals surface area contributed by atoms with Gasteiger partial charge in [0.05, 0.1) is 9.95 Å². The predicted octanol–water partition coefficient (Wildman–Crippen LogP) is 3.53. The summed E-state index contributed by atoms with van der Waals surface area (Å²) in [6.07, 6.45) is 4.95. The highest BCUT2D eigenvalue weighted by atomic mass is 35.5. The maximum atomic E-state index is 11.8. The van der Waals surface area contributed by atoms with Crippen molar-refractivity contribution in [2.24, 2.45) is 5.92 Å². The lowest BCUT2D eigenvalue weighted by Crippen LogP contribution is -2.68. The number of nitrogens with one attached hydrogen (secondary N) is 1. The van der Waals surface area contributed by atoms with Crippen LogP contribution in [0.25, 0.3) is 0 Å². The first-order chi connectivity index (χ1) is 12.1. The average molecular weight is 383 g/mol. The summed E-state index contributed by atoms with van der Waals surface area (Å²) >= 11 is 6.21. The van der Waals surface area contributed by atoms with Crippen LogP contribution in [0.1, 0.15) is 40.0 Å². The monoisotopic (exact) mass is 382 g/mol. The molecule has 1 saturated carbocycles. The van der Waals surface area contributed by atoms with Gasteiger partial charge in [0.25, 0.3) is 0 Å². The maximum Gasteiger partial charge on any atom is 0.407 e. The minimum absolute atomic E-state index is 0.0631. The van der Waals surface area contributed by atoms with E-state index in [2.05, 4.69) is 10.3 Å². The first-order valence-electron chi connectivity index (χ1n) is 8.64. The summed E-state index contributed by atoms with van der Waals surface area (Å²) in [7, 11) is 0. The summed E-state index contributed by atoms with van der Waals surface area (Å²) in [5.74, 6) is 0.324. The number of hydrogen-bond donors (Lipinski definition) is 1. The topological polar surface area (TPSA) is 97.6 Å². The Bertz CT molecular complexity index is 728. The lowest BCUT2D eigenvalue weighted by atomic mass is 9.61. The Kier molecular flexibility index (Phi) is 4.72. The van der Waals surface area contributed by atoms with Crippen molar-refractivity contribution in [3.05, 3.63) is 27.5 Å². The second-order valence-electron chi connectivity index (χ2n) is 8.03. The predicted molar refractivity (Wildman–Crippen MR) is 97.6 cm³/mol. The van der Waals surface area contributed by atoms with Gasteiger partial charge in [0.15, 0.2) is 0 Å². The molecular weight excluding hydrogens is 360 g/mol. The molecule has 2 aliphatic rings. The summed E-state index contributed by atoms with van der Waals surface area (Å²) in [6, 6.07) is 0. The molecule has 8 nitrogen and oxygen atoms in total. The van der Waals surface area contributed by atoms with Crippen LogP contribution >= 0.6 is 11.6 Å². The normalized spacial score (nSPS) is 24.6. The molecule has 1 aliphatic carbocycles. The standard InChI is InChI=1S/C17H23ClN4O4/c1-16(2,3)26-15(23)20-8-11-6-17(7-11)4-5-21(17)14-12(18)9-19-10-13(14)22(24)25/h9-11H,4-8H2,1-3H3,(H,20,23). The fraction of sp³-hybridized carbons (Fsp3) is 0.647. The Hall–Kier alpha value is -2.09. The average Bonchev–Trinajstić information content (AvgIpc) is 2.44. The molecule has 1 saturated heterocycles. The quantitative estimate of drug-likeness (QED) is 0.632. The van der Waals surface area contributed by atoms with Gasteiger partial charge in [-0.1, -0.05) is 11.6 Å². The van der Waals surface area contributed by atoms with E-state index in [0.717, 1.165) is 25.8 Å². The molecular formula is C17H23ClN4O4. The van der Waals surface area contributed by atoms with Crippen LogP contribution in [-0.4, -0.2) is 40.2 Å². The van der Waals surface area contributed by atoms with Gasteiger partial charge < -0.3 is 15.0 Å². The number of nitrogens with zero attached hydrogens (tertiary/aromatic N) is 3. The molecule has 0 radical (unpaired) electrons. The van der Waals surface area contributed by atoms with Crippen molar-refractivity contribution in [3.63, 3.8) is 0 Å². The van der Waals surface area contributed by atoms with Gasteiger partial charge in [-0.3, -0.25) is 15.1 Å². The number of pyridine rings is 1. The summed E-state index contributed by atoms with van der Waals surface area (Å²) in [6.45, 7) is 6.74. The van der Waals surface area contributed by atoms with E-state index in [-0.39, 0.29) is 11.2 Å². The number of halogens is 1. The van der Waals surface area contributed by atoms with Crippen molar-refractivity contribution in [3.8, 4) is 0 Å². The zero-order valence-electron chi connectivity index (χ0n) is 15.1. The number of amides is 1. The number of nitro groups is 1. The van der Waals surface area contributed by atoms with E-state index in [1.807, 2.05) is 25.7 Å². The van der Waals surface area contributed by atoms with Gasteiger partial charge in [-0.05, 0) is 46.0 Å². The molecule has 0 unspecified atom stereocenters. The third kappa shape index (κ3) is 3.56. The first-order valence-corrected chi connectivity index (χ1v) is 9.01. The van der Waals surface area contributed by atoms with Crippen LogP contribution in [-0.2, 0) is 4.74 Å². The Balaban J connectivity index is 1.60. The number of carbonyl (C=O) groups excluding carboxylic acids is 1. The molecule has 1 aromatic heterocycles. The minimum Gasteiger partial charge on any atom is -0.444 e. The van der Waals surface area contributed by atoms with Crippen LogP contribution < -0.4 is 10.2 Å². The van der Waals surface area contributed by atoms with Crippen LogP contribution in [0.15, 0.2) is 12.4 Å². The fourth-order valence-electron chi connectivity index (χ4n) is 3.83. The Morgan fingerprint density at radius 3 is 2.73 bits per heavy atom. The van der Waals surface area contributed by atoms with Crippen LogP contribution in [0.3, 0.4) is 0 Å². The molecule has 142 valence electrons. The zero-order chi connectivity index (χ0) is 19.1. The number of hydrogen-bond acceptors (Lipinski definition) is 6. The van der Waals surface area contributed by atoms with Crippen molar-refractivity contribution in [2.75, 3.05) is 18.0 Å². The minimum atomic E-state index is -0.521.